The molecule has 1 rings (SSSR count). The highest BCUT2D eigenvalue weighted by molar-refractivity contribution is 14.1. The van der Waals surface area contributed by atoms with E-state index in [-0.39, 0.29) is 14.5 Å². The van der Waals surface area contributed by atoms with Crippen LogP contribution in [0.4, 0.5) is 13.2 Å². The van der Waals surface area contributed by atoms with E-state index < -0.39 is 11.7 Å². The fraction of sp³-hybridized carbons (Fsp3) is 0.250. The fourth-order valence-corrected chi connectivity index (χ4v) is 2.80. The summed E-state index contributed by atoms with van der Waals surface area (Å²) in [6.45, 7) is 0. The van der Waals surface area contributed by atoms with Gasteiger partial charge in [0.15, 0.2) is 0 Å². The van der Waals surface area contributed by atoms with Gasteiger partial charge in [0.1, 0.15) is 0 Å². The minimum Gasteiger partial charge on any atom is -0.166 e. The van der Waals surface area contributed by atoms with Crippen LogP contribution in [0.2, 0.25) is 5.02 Å². The summed E-state index contributed by atoms with van der Waals surface area (Å²) in [4.78, 5) is 0. The molecule has 0 aliphatic rings. The van der Waals surface area contributed by atoms with Crippen LogP contribution in [-0.4, -0.2) is 0 Å². The highest BCUT2D eigenvalue weighted by Gasteiger charge is 2.36. The lowest BCUT2D eigenvalue weighted by molar-refractivity contribution is -0.138. The molecule has 6 heteroatoms. The van der Waals surface area contributed by atoms with Gasteiger partial charge in [-0.2, -0.15) is 13.2 Å². The van der Waals surface area contributed by atoms with E-state index in [1.165, 1.54) is 12.1 Å². The highest BCUT2D eigenvalue weighted by atomic mass is 127. The molecule has 1 aromatic carbocycles. The predicted molar refractivity (Wildman–Crippen MR) is 58.7 cm³/mol. The summed E-state index contributed by atoms with van der Waals surface area (Å²) in [5, 5.41) is -0.296. The molecular formula is C8H4Cl2F3I. The molecule has 0 nitrogen and oxygen atoms in total. The van der Waals surface area contributed by atoms with Gasteiger partial charge in [0.2, 0.25) is 0 Å². The van der Waals surface area contributed by atoms with Crippen LogP contribution in [0.15, 0.2) is 12.1 Å². The summed E-state index contributed by atoms with van der Waals surface area (Å²) >= 11 is 12.6. The van der Waals surface area contributed by atoms with Crippen LogP contribution in [0.3, 0.4) is 0 Å². The Kier molecular flexibility index (Phi) is 3.94. The predicted octanol–water partition coefficient (Wildman–Crippen LogP) is 4.70. The summed E-state index contributed by atoms with van der Waals surface area (Å²) in [5.74, 6) is 0.0402. The Balaban J connectivity index is 3.40. The summed E-state index contributed by atoms with van der Waals surface area (Å²) < 4.78 is 37.5. The van der Waals surface area contributed by atoms with Crippen LogP contribution in [0.5, 0.6) is 0 Å². The lowest BCUT2D eigenvalue weighted by atomic mass is 10.1. The Morgan fingerprint density at radius 2 is 1.86 bits per heavy atom. The molecule has 0 aromatic heterocycles. The summed E-state index contributed by atoms with van der Waals surface area (Å²) in [6.07, 6.45) is -4.43. The summed E-state index contributed by atoms with van der Waals surface area (Å²) in [5.41, 5.74) is -0.373. The summed E-state index contributed by atoms with van der Waals surface area (Å²) in [7, 11) is 0. The zero-order valence-electron chi connectivity index (χ0n) is 6.63. The second kappa shape index (κ2) is 4.45. The zero-order valence-corrected chi connectivity index (χ0v) is 10.3. The SMILES string of the molecule is FC(F)(F)c1c(Cl)ccc(CCl)c1I. The third kappa shape index (κ3) is 2.46. The van der Waals surface area contributed by atoms with Crippen molar-refractivity contribution in [1.82, 2.24) is 0 Å². The van der Waals surface area contributed by atoms with Crippen molar-refractivity contribution < 1.29 is 13.2 Å². The Morgan fingerprint density at radius 1 is 1.29 bits per heavy atom. The van der Waals surface area contributed by atoms with Gasteiger partial charge in [-0.1, -0.05) is 17.7 Å². The van der Waals surface area contributed by atoms with Crippen molar-refractivity contribution >= 4 is 45.8 Å². The van der Waals surface area contributed by atoms with Crippen molar-refractivity contribution in [2.45, 2.75) is 12.1 Å². The van der Waals surface area contributed by atoms with E-state index in [1.54, 1.807) is 22.6 Å². The summed E-state index contributed by atoms with van der Waals surface area (Å²) in [6, 6.07) is 2.70. The number of rotatable bonds is 1. The maximum Gasteiger partial charge on any atom is 0.418 e. The number of benzene rings is 1. The van der Waals surface area contributed by atoms with Crippen molar-refractivity contribution in [3.8, 4) is 0 Å². The van der Waals surface area contributed by atoms with Crippen LogP contribution in [0.1, 0.15) is 11.1 Å². The van der Waals surface area contributed by atoms with Crippen molar-refractivity contribution in [2.24, 2.45) is 0 Å². The highest BCUT2D eigenvalue weighted by Crippen LogP contribution is 2.39. The minimum absolute atomic E-state index is 0.0402. The molecule has 0 spiro atoms. The molecule has 0 aliphatic carbocycles. The Labute approximate surface area is 103 Å². The molecule has 0 radical (unpaired) electrons. The van der Waals surface area contributed by atoms with Gasteiger partial charge >= 0.3 is 6.18 Å². The van der Waals surface area contributed by atoms with E-state index in [0.29, 0.717) is 5.56 Å². The van der Waals surface area contributed by atoms with Crippen LogP contribution in [-0.2, 0) is 12.1 Å². The number of hydrogen-bond donors (Lipinski definition) is 0. The average molecular weight is 355 g/mol. The first kappa shape index (κ1) is 12.4. The molecule has 0 saturated carbocycles. The Hall–Kier alpha value is 0.320. The van der Waals surface area contributed by atoms with E-state index in [2.05, 4.69) is 0 Å². The van der Waals surface area contributed by atoms with Gasteiger partial charge in [-0.05, 0) is 34.2 Å². The normalized spacial score (nSPS) is 11.9. The second-order valence-corrected chi connectivity index (χ2v) is 4.28. The van der Waals surface area contributed by atoms with Crippen LogP contribution in [0, 0.1) is 3.57 Å². The van der Waals surface area contributed by atoms with Crippen molar-refractivity contribution in [1.29, 1.82) is 0 Å². The Bertz CT molecular complexity index is 349. The monoisotopic (exact) mass is 354 g/mol. The largest absolute Gasteiger partial charge is 0.418 e. The van der Waals surface area contributed by atoms with Gasteiger partial charge in [-0.15, -0.1) is 11.6 Å². The van der Waals surface area contributed by atoms with E-state index in [4.69, 9.17) is 23.2 Å². The molecule has 14 heavy (non-hydrogen) atoms. The van der Waals surface area contributed by atoms with Gasteiger partial charge in [-0.25, -0.2) is 0 Å². The lowest BCUT2D eigenvalue weighted by Gasteiger charge is -2.13. The molecule has 0 saturated heterocycles. The number of alkyl halides is 4. The first-order chi connectivity index (χ1) is 6.38. The van der Waals surface area contributed by atoms with Crippen molar-refractivity contribution in [2.75, 3.05) is 0 Å². The molecule has 0 amide bonds. The molecule has 0 atom stereocenters. The van der Waals surface area contributed by atoms with E-state index >= 15 is 0 Å². The van der Waals surface area contributed by atoms with Crippen LogP contribution < -0.4 is 0 Å². The molecule has 0 fully saturated rings. The number of hydrogen-bond acceptors (Lipinski definition) is 0. The molecule has 0 N–H and O–H groups in total. The maximum absolute atomic E-state index is 12.5. The first-order valence-corrected chi connectivity index (χ1v) is 5.47. The van der Waals surface area contributed by atoms with Crippen LogP contribution in [0.25, 0.3) is 0 Å². The molecule has 0 aliphatic heterocycles. The standard InChI is InChI=1S/C8H4Cl2F3I/c9-3-4-1-2-5(10)6(7(4)14)8(11,12)13/h1-2H,3H2. The fourth-order valence-electron chi connectivity index (χ4n) is 0.959. The second-order valence-electron chi connectivity index (χ2n) is 2.53. The maximum atomic E-state index is 12.5. The third-order valence-electron chi connectivity index (χ3n) is 1.60. The molecule has 1 aromatic rings. The topological polar surface area (TPSA) is 0 Å². The molecule has 78 valence electrons. The third-order valence-corrected chi connectivity index (χ3v) is 3.43. The Morgan fingerprint density at radius 3 is 2.29 bits per heavy atom. The van der Waals surface area contributed by atoms with Crippen molar-refractivity contribution in [3.63, 3.8) is 0 Å². The first-order valence-electron chi connectivity index (χ1n) is 3.48. The average Bonchev–Trinajstić information content (AvgIpc) is 2.02. The van der Waals surface area contributed by atoms with Crippen LogP contribution >= 0.6 is 45.8 Å². The molecule has 0 unspecified atom stereocenters. The van der Waals surface area contributed by atoms with E-state index in [1.807, 2.05) is 0 Å². The molecule has 0 heterocycles. The quantitative estimate of drug-likeness (QED) is 0.506. The smallest absolute Gasteiger partial charge is 0.166 e. The van der Waals surface area contributed by atoms with Crippen molar-refractivity contribution in [3.05, 3.63) is 31.9 Å². The number of halogens is 6. The lowest BCUT2D eigenvalue weighted by Crippen LogP contribution is -2.10. The van der Waals surface area contributed by atoms with Gasteiger partial charge in [0.05, 0.1) is 10.6 Å². The van der Waals surface area contributed by atoms with E-state index in [9.17, 15) is 13.2 Å². The molecular weight excluding hydrogens is 351 g/mol. The van der Waals surface area contributed by atoms with Gasteiger partial charge < -0.3 is 0 Å². The van der Waals surface area contributed by atoms with Gasteiger partial charge in [0.25, 0.3) is 0 Å². The minimum atomic E-state index is -4.43. The molecule has 0 bridgehead atoms. The zero-order chi connectivity index (χ0) is 10.9. The van der Waals surface area contributed by atoms with Gasteiger partial charge in [0, 0.05) is 9.45 Å². The van der Waals surface area contributed by atoms with Gasteiger partial charge in [-0.3, -0.25) is 0 Å². The van der Waals surface area contributed by atoms with E-state index in [0.717, 1.165) is 0 Å².